The molecule has 1 rings (SSSR count). The van der Waals surface area contributed by atoms with Crippen LogP contribution < -0.4 is 4.72 Å². The highest BCUT2D eigenvalue weighted by molar-refractivity contribution is 9.10. The average Bonchev–Trinajstić information content (AvgIpc) is 2.46. The lowest BCUT2D eigenvalue weighted by molar-refractivity contribution is -0.143. The van der Waals surface area contributed by atoms with E-state index < -0.39 is 57.7 Å². The molecular weight excluding hydrogens is 442 g/mol. The molecule has 1 N–H and O–H groups in total. The number of benzene rings is 1. The normalized spacial score (nSPS) is 14.8. The van der Waals surface area contributed by atoms with E-state index in [1.54, 1.807) is 27.7 Å². The summed E-state index contributed by atoms with van der Waals surface area (Å²) in [5.74, 6) is -2.27. The fourth-order valence-corrected chi connectivity index (χ4v) is 3.28. The van der Waals surface area contributed by atoms with E-state index in [0.29, 0.717) is 6.07 Å². The Morgan fingerprint density at radius 1 is 1.35 bits per heavy atom. The van der Waals surface area contributed by atoms with Gasteiger partial charge in [0.15, 0.2) is 0 Å². The fraction of sp³-hybridized carbons (Fsp3) is 0.562. The lowest BCUT2D eigenvalue weighted by Crippen LogP contribution is -2.42. The van der Waals surface area contributed by atoms with E-state index in [0.717, 1.165) is 6.07 Å². The molecule has 0 aliphatic carbocycles. The molecule has 26 heavy (non-hydrogen) atoms. The van der Waals surface area contributed by atoms with E-state index in [4.69, 9.17) is 4.74 Å². The van der Waals surface area contributed by atoms with Gasteiger partial charge in [-0.1, -0.05) is 15.9 Å². The molecule has 0 unspecified atom stereocenters. The number of rotatable bonds is 6. The number of esters is 1. The van der Waals surface area contributed by atoms with E-state index in [2.05, 4.69) is 20.7 Å². The Balaban J connectivity index is 3.37. The molecule has 0 bridgehead atoms. The highest BCUT2D eigenvalue weighted by atomic mass is 79.9. The molecule has 0 amide bonds. The van der Waals surface area contributed by atoms with E-state index in [1.807, 2.05) is 0 Å². The highest BCUT2D eigenvalue weighted by Gasteiger charge is 2.38. The number of hydrogen-bond donors (Lipinski definition) is 1. The third-order valence-corrected chi connectivity index (χ3v) is 5.30. The summed E-state index contributed by atoms with van der Waals surface area (Å²) in [6, 6.07) is 0.482. The molecule has 1 aromatic carbocycles. The molecule has 148 valence electrons. The van der Waals surface area contributed by atoms with Gasteiger partial charge in [0.05, 0.1) is 24.6 Å². The first kappa shape index (κ1) is 23.2. The Kier molecular flexibility index (Phi) is 7.94. The van der Waals surface area contributed by atoms with Crippen molar-refractivity contribution in [1.82, 2.24) is 4.72 Å². The maximum atomic E-state index is 14.5. The molecule has 0 saturated heterocycles. The molecule has 0 saturated carbocycles. The molecule has 0 fully saturated rings. The standard InChI is InChI=1S/C16H20BrF4NO3S/c1-5-25-13(23)8-12(22-26(24)15(2,3)4)10-6-9(17)7-11(14(10)18)16(19,20)21/h6-7,12,22H,5,8H2,1-4H3/t12-,26+/m0/s1. The third-order valence-electron chi connectivity index (χ3n) is 3.23. The minimum atomic E-state index is -4.92. The van der Waals surface area contributed by atoms with E-state index in [-0.39, 0.29) is 11.1 Å². The van der Waals surface area contributed by atoms with Gasteiger partial charge in [-0.05, 0) is 39.8 Å². The summed E-state index contributed by atoms with van der Waals surface area (Å²) in [6.45, 7) is 6.53. The number of halogens is 5. The average molecular weight is 462 g/mol. The van der Waals surface area contributed by atoms with Crippen LogP contribution in [0.25, 0.3) is 0 Å². The third kappa shape index (κ3) is 6.40. The van der Waals surface area contributed by atoms with Crippen LogP contribution in [0.15, 0.2) is 16.6 Å². The van der Waals surface area contributed by atoms with Crippen molar-refractivity contribution >= 4 is 33.3 Å². The maximum Gasteiger partial charge on any atom is 0.419 e. The Morgan fingerprint density at radius 2 is 1.92 bits per heavy atom. The van der Waals surface area contributed by atoms with E-state index in [1.165, 1.54) is 0 Å². The van der Waals surface area contributed by atoms with Gasteiger partial charge >= 0.3 is 12.1 Å². The van der Waals surface area contributed by atoms with Crippen LogP contribution in [-0.2, 0) is 27.1 Å². The van der Waals surface area contributed by atoms with Gasteiger partial charge in [0.1, 0.15) is 10.6 Å². The summed E-state index contributed by atoms with van der Waals surface area (Å²) in [5, 5.41) is 0. The molecule has 2 atom stereocenters. The fourth-order valence-electron chi connectivity index (χ4n) is 1.98. The summed E-state index contributed by atoms with van der Waals surface area (Å²) in [6.07, 6.45) is -5.39. The van der Waals surface area contributed by atoms with Crippen molar-refractivity contribution < 1.29 is 31.6 Å². The number of ether oxygens (including phenoxy) is 1. The number of carbonyl (C=O) groups is 1. The molecule has 0 heterocycles. The molecule has 0 aliphatic heterocycles. The Morgan fingerprint density at radius 3 is 2.38 bits per heavy atom. The Labute approximate surface area is 161 Å². The van der Waals surface area contributed by atoms with Crippen molar-refractivity contribution in [3.8, 4) is 0 Å². The molecule has 0 aliphatic rings. The molecular formula is C16H20BrF4NO3S. The Bertz CT molecular complexity index is 650. The second kappa shape index (κ2) is 8.90. The van der Waals surface area contributed by atoms with Crippen LogP contribution in [0.2, 0.25) is 0 Å². The predicted octanol–water partition coefficient (Wildman–Crippen LogP) is 4.65. The van der Waals surface area contributed by atoms with E-state index >= 15 is 0 Å². The van der Waals surface area contributed by atoms with Gasteiger partial charge in [-0.2, -0.15) is 13.2 Å². The molecule has 1 aromatic rings. The second-order valence-electron chi connectivity index (χ2n) is 6.42. The van der Waals surface area contributed by atoms with E-state index in [9.17, 15) is 26.9 Å². The molecule has 10 heteroatoms. The topological polar surface area (TPSA) is 61.4 Å². The van der Waals surface area contributed by atoms with Gasteiger partial charge < -0.3 is 9.29 Å². The first-order chi connectivity index (χ1) is 11.8. The zero-order valence-electron chi connectivity index (χ0n) is 14.7. The second-order valence-corrected chi connectivity index (χ2v) is 9.33. The zero-order chi connectivity index (χ0) is 20.3. The molecule has 4 nitrogen and oxygen atoms in total. The van der Waals surface area contributed by atoms with Gasteiger partial charge in [-0.3, -0.25) is 4.79 Å². The highest BCUT2D eigenvalue weighted by Crippen LogP contribution is 2.37. The predicted molar refractivity (Wildman–Crippen MR) is 94.1 cm³/mol. The minimum absolute atomic E-state index is 0.0153. The van der Waals surface area contributed by atoms with Crippen molar-refractivity contribution in [3.05, 3.63) is 33.5 Å². The van der Waals surface area contributed by atoms with Crippen molar-refractivity contribution in [2.45, 2.75) is 51.1 Å². The molecule has 0 spiro atoms. The summed E-state index contributed by atoms with van der Waals surface area (Å²) < 4.78 is 72.7. The number of hydrogen-bond acceptors (Lipinski definition) is 4. The zero-order valence-corrected chi connectivity index (χ0v) is 17.1. The van der Waals surface area contributed by atoms with Crippen LogP contribution in [0.3, 0.4) is 0 Å². The number of nitrogens with one attached hydrogen (secondary N) is 1. The van der Waals surface area contributed by atoms with Crippen LogP contribution in [0, 0.1) is 5.82 Å². The summed E-state index contributed by atoms with van der Waals surface area (Å²) in [4.78, 5) is 11.8. The number of alkyl halides is 3. The van der Waals surface area contributed by atoms with Gasteiger partial charge in [0, 0.05) is 21.4 Å². The van der Waals surface area contributed by atoms with Gasteiger partial charge in [0.25, 0.3) is 0 Å². The number of carbonyl (C=O) groups excluding carboxylic acids is 1. The summed E-state index contributed by atoms with van der Waals surface area (Å²) >= 11 is 1.17. The summed E-state index contributed by atoms with van der Waals surface area (Å²) in [7, 11) is 0. The van der Waals surface area contributed by atoms with Crippen LogP contribution in [0.4, 0.5) is 17.6 Å². The van der Waals surface area contributed by atoms with Crippen LogP contribution >= 0.6 is 15.9 Å². The van der Waals surface area contributed by atoms with Crippen molar-refractivity contribution in [2.24, 2.45) is 0 Å². The van der Waals surface area contributed by atoms with Crippen molar-refractivity contribution in [2.75, 3.05) is 6.61 Å². The maximum absolute atomic E-state index is 14.5. The lowest BCUT2D eigenvalue weighted by atomic mass is 10.0. The van der Waals surface area contributed by atoms with Gasteiger partial charge in [-0.25, -0.2) is 4.39 Å². The first-order valence-corrected chi connectivity index (χ1v) is 9.61. The van der Waals surface area contributed by atoms with Crippen LogP contribution in [-0.4, -0.2) is 21.9 Å². The first-order valence-electron chi connectivity index (χ1n) is 7.67. The minimum Gasteiger partial charge on any atom is -0.598 e. The van der Waals surface area contributed by atoms with Crippen LogP contribution in [0.5, 0.6) is 0 Å². The monoisotopic (exact) mass is 461 g/mol. The molecule has 0 radical (unpaired) electrons. The summed E-state index contributed by atoms with van der Waals surface area (Å²) in [5.41, 5.74) is -1.89. The van der Waals surface area contributed by atoms with Crippen LogP contribution in [0.1, 0.15) is 51.3 Å². The van der Waals surface area contributed by atoms with Crippen molar-refractivity contribution in [1.29, 1.82) is 0 Å². The Hall–Kier alpha value is -0.840. The smallest absolute Gasteiger partial charge is 0.419 e. The SMILES string of the molecule is CCOC(=O)C[C@H](N[S@+]([O-])C(C)(C)C)c1cc(Br)cc(C(F)(F)F)c1F. The quantitative estimate of drug-likeness (QED) is 0.380. The van der Waals surface area contributed by atoms with Crippen molar-refractivity contribution in [3.63, 3.8) is 0 Å². The van der Waals surface area contributed by atoms with Gasteiger partial charge in [0.2, 0.25) is 0 Å². The largest absolute Gasteiger partial charge is 0.598 e. The van der Waals surface area contributed by atoms with Gasteiger partial charge in [-0.15, -0.1) is 4.72 Å². The molecule has 0 aromatic heterocycles. The lowest BCUT2D eigenvalue weighted by Gasteiger charge is -2.28.